The third kappa shape index (κ3) is 7.02. The SMILES string of the molecule is COc1cc(CC(=O)c2ccc(Cl)c(Cl)c2)ccc1-n1cnc(C)c1.O=C(O)c1ccc(Cl)c(Cl)c1. The highest BCUT2D eigenvalue weighted by molar-refractivity contribution is 6.42. The van der Waals surface area contributed by atoms with Crippen molar-refractivity contribution >= 4 is 58.2 Å². The van der Waals surface area contributed by atoms with Crippen LogP contribution in [-0.4, -0.2) is 33.5 Å². The molecule has 0 fully saturated rings. The van der Waals surface area contributed by atoms with Crippen molar-refractivity contribution in [3.8, 4) is 11.4 Å². The molecule has 0 bridgehead atoms. The van der Waals surface area contributed by atoms with Gasteiger partial charge in [0, 0.05) is 18.2 Å². The van der Waals surface area contributed by atoms with Gasteiger partial charge in [-0.05, 0) is 61.0 Å². The summed E-state index contributed by atoms with van der Waals surface area (Å²) < 4.78 is 7.36. The number of rotatable bonds is 6. The lowest BCUT2D eigenvalue weighted by Crippen LogP contribution is -2.05. The van der Waals surface area contributed by atoms with E-state index in [1.54, 1.807) is 31.6 Å². The molecule has 0 spiro atoms. The second kappa shape index (κ2) is 12.3. The molecule has 0 amide bonds. The molecule has 186 valence electrons. The standard InChI is InChI=1S/C19H16Cl2N2O2.C7H4Cl2O2/c1-12-10-23(11-22-12)17-6-3-13(8-19(17)25-2)7-18(24)14-4-5-15(20)16(21)9-14;8-5-2-1-4(7(10)11)3-6(5)9/h3-6,8-11H,7H2,1-2H3;1-3H,(H,10,11). The summed E-state index contributed by atoms with van der Waals surface area (Å²) in [6, 6.07) is 14.7. The Morgan fingerprint density at radius 2 is 1.50 bits per heavy atom. The van der Waals surface area contributed by atoms with E-state index in [4.69, 9.17) is 56.2 Å². The normalized spacial score (nSPS) is 10.4. The fourth-order valence-electron chi connectivity index (χ4n) is 3.18. The Bertz CT molecular complexity index is 1420. The summed E-state index contributed by atoms with van der Waals surface area (Å²) in [6.45, 7) is 1.92. The smallest absolute Gasteiger partial charge is 0.335 e. The molecule has 0 saturated carbocycles. The van der Waals surface area contributed by atoms with Crippen LogP contribution in [0.2, 0.25) is 20.1 Å². The van der Waals surface area contributed by atoms with Crippen molar-refractivity contribution in [1.29, 1.82) is 0 Å². The zero-order valence-electron chi connectivity index (χ0n) is 19.1. The topological polar surface area (TPSA) is 81.4 Å². The molecule has 0 unspecified atom stereocenters. The molecule has 0 aliphatic rings. The number of carboxylic acid groups (broad SMARTS) is 1. The van der Waals surface area contributed by atoms with Gasteiger partial charge in [-0.15, -0.1) is 0 Å². The predicted molar refractivity (Wildman–Crippen MR) is 143 cm³/mol. The minimum absolute atomic E-state index is 0.0353. The summed E-state index contributed by atoms with van der Waals surface area (Å²) in [5, 5.41) is 9.91. The molecule has 36 heavy (non-hydrogen) atoms. The number of carbonyl (C=O) groups excluding carboxylic acids is 1. The average Bonchev–Trinajstić information content (AvgIpc) is 3.28. The van der Waals surface area contributed by atoms with E-state index in [2.05, 4.69) is 4.98 Å². The number of nitrogens with zero attached hydrogens (tertiary/aromatic N) is 2. The number of imidazole rings is 1. The van der Waals surface area contributed by atoms with E-state index < -0.39 is 5.97 Å². The van der Waals surface area contributed by atoms with Crippen molar-refractivity contribution in [3.05, 3.63) is 110 Å². The Balaban J connectivity index is 0.000000275. The van der Waals surface area contributed by atoms with Gasteiger partial charge in [0.1, 0.15) is 5.75 Å². The molecule has 1 N–H and O–H groups in total. The number of hydrogen-bond acceptors (Lipinski definition) is 4. The van der Waals surface area contributed by atoms with Gasteiger partial charge in [-0.25, -0.2) is 9.78 Å². The minimum atomic E-state index is -1.01. The summed E-state index contributed by atoms with van der Waals surface area (Å²) in [5.41, 5.74) is 3.31. The summed E-state index contributed by atoms with van der Waals surface area (Å²) in [6.07, 6.45) is 3.89. The number of hydrogen-bond donors (Lipinski definition) is 1. The average molecular weight is 566 g/mol. The number of Topliss-reactive ketones (excluding diaryl/α,β-unsaturated/α-hetero) is 1. The highest BCUT2D eigenvalue weighted by Crippen LogP contribution is 2.27. The van der Waals surface area contributed by atoms with Gasteiger partial charge in [-0.2, -0.15) is 0 Å². The quantitative estimate of drug-likeness (QED) is 0.243. The van der Waals surface area contributed by atoms with Crippen LogP contribution in [-0.2, 0) is 6.42 Å². The Morgan fingerprint density at radius 1 is 0.889 bits per heavy atom. The fourth-order valence-corrected chi connectivity index (χ4v) is 3.78. The van der Waals surface area contributed by atoms with Crippen LogP contribution in [0.5, 0.6) is 5.75 Å². The van der Waals surface area contributed by atoms with Crippen LogP contribution in [0.4, 0.5) is 0 Å². The monoisotopic (exact) mass is 564 g/mol. The van der Waals surface area contributed by atoms with Crippen molar-refractivity contribution in [2.45, 2.75) is 13.3 Å². The minimum Gasteiger partial charge on any atom is -0.495 e. The fraction of sp³-hybridized carbons (Fsp3) is 0.115. The number of aryl methyl sites for hydroxylation is 1. The number of methoxy groups -OCH3 is 1. The van der Waals surface area contributed by atoms with Gasteiger partial charge in [0.05, 0.1) is 50.5 Å². The third-order valence-corrected chi connectivity index (χ3v) is 6.48. The maximum atomic E-state index is 12.5. The van der Waals surface area contributed by atoms with Gasteiger partial charge in [0.15, 0.2) is 5.78 Å². The maximum absolute atomic E-state index is 12.5. The highest BCUT2D eigenvalue weighted by atomic mass is 35.5. The highest BCUT2D eigenvalue weighted by Gasteiger charge is 2.12. The van der Waals surface area contributed by atoms with Crippen LogP contribution >= 0.6 is 46.4 Å². The molecule has 4 rings (SSSR count). The van der Waals surface area contributed by atoms with Crippen LogP contribution in [0.1, 0.15) is 32.0 Å². The lowest BCUT2D eigenvalue weighted by Gasteiger charge is -2.11. The first-order chi connectivity index (χ1) is 17.1. The number of carboxylic acids is 1. The number of ether oxygens (including phenoxy) is 1. The number of halogens is 4. The van der Waals surface area contributed by atoms with Gasteiger partial charge >= 0.3 is 5.97 Å². The van der Waals surface area contributed by atoms with Crippen molar-refractivity contribution in [1.82, 2.24) is 9.55 Å². The largest absolute Gasteiger partial charge is 0.495 e. The van der Waals surface area contributed by atoms with Crippen LogP contribution in [0, 0.1) is 6.92 Å². The number of aromatic nitrogens is 2. The van der Waals surface area contributed by atoms with E-state index in [9.17, 15) is 9.59 Å². The molecule has 10 heteroatoms. The molecule has 3 aromatic carbocycles. The van der Waals surface area contributed by atoms with Crippen molar-refractivity contribution in [2.24, 2.45) is 0 Å². The van der Waals surface area contributed by atoms with Gasteiger partial charge in [-0.3, -0.25) is 4.79 Å². The second-order valence-corrected chi connectivity index (χ2v) is 9.22. The summed E-state index contributed by atoms with van der Waals surface area (Å²) in [4.78, 5) is 27.1. The Labute approximate surface area is 228 Å². The van der Waals surface area contributed by atoms with E-state index in [1.807, 2.05) is 35.9 Å². The van der Waals surface area contributed by atoms with E-state index in [1.165, 1.54) is 18.2 Å². The lowest BCUT2D eigenvalue weighted by molar-refractivity contribution is 0.0696. The van der Waals surface area contributed by atoms with Crippen LogP contribution in [0.15, 0.2) is 67.1 Å². The zero-order chi connectivity index (χ0) is 26.4. The molecule has 1 heterocycles. The van der Waals surface area contributed by atoms with Gasteiger partial charge in [0.2, 0.25) is 0 Å². The van der Waals surface area contributed by atoms with Crippen molar-refractivity contribution < 1.29 is 19.4 Å². The third-order valence-electron chi connectivity index (χ3n) is 5.01. The van der Waals surface area contributed by atoms with E-state index in [-0.39, 0.29) is 22.8 Å². The zero-order valence-corrected chi connectivity index (χ0v) is 22.2. The van der Waals surface area contributed by atoms with Gasteiger partial charge in [-0.1, -0.05) is 52.5 Å². The van der Waals surface area contributed by atoms with E-state index >= 15 is 0 Å². The number of ketones is 1. The first kappa shape index (κ1) is 27.6. The summed E-state index contributed by atoms with van der Waals surface area (Å²) in [5.74, 6) is -0.368. The molecule has 4 aromatic rings. The number of carbonyl (C=O) groups is 2. The van der Waals surface area contributed by atoms with E-state index in [0.717, 1.165) is 16.9 Å². The summed E-state index contributed by atoms with van der Waals surface area (Å²) in [7, 11) is 1.60. The molecule has 0 aliphatic heterocycles. The van der Waals surface area contributed by atoms with Crippen molar-refractivity contribution in [2.75, 3.05) is 7.11 Å². The van der Waals surface area contributed by atoms with E-state index in [0.29, 0.717) is 26.4 Å². The maximum Gasteiger partial charge on any atom is 0.335 e. The summed E-state index contributed by atoms with van der Waals surface area (Å²) >= 11 is 23.0. The number of aromatic carboxylic acids is 1. The molecule has 6 nitrogen and oxygen atoms in total. The molecule has 0 atom stereocenters. The number of benzene rings is 3. The molecule has 1 aromatic heterocycles. The molecule has 0 aliphatic carbocycles. The molecule has 0 saturated heterocycles. The first-order valence-electron chi connectivity index (χ1n) is 10.4. The molecule has 0 radical (unpaired) electrons. The lowest BCUT2D eigenvalue weighted by atomic mass is 10.0. The predicted octanol–water partition coefficient (Wildman–Crippen LogP) is 7.61. The Kier molecular flexibility index (Phi) is 9.40. The Hall–Kier alpha value is -3.03. The van der Waals surface area contributed by atoms with Gasteiger partial charge in [0.25, 0.3) is 0 Å². The molecular formula is C26H20Cl4N2O4. The van der Waals surface area contributed by atoms with Crippen LogP contribution in [0.3, 0.4) is 0 Å². The second-order valence-electron chi connectivity index (χ2n) is 7.59. The first-order valence-corrected chi connectivity index (χ1v) is 11.9. The van der Waals surface area contributed by atoms with Crippen molar-refractivity contribution in [3.63, 3.8) is 0 Å². The Morgan fingerprint density at radius 3 is 2.03 bits per heavy atom. The molecular weight excluding hydrogens is 546 g/mol. The van der Waals surface area contributed by atoms with Crippen LogP contribution in [0.25, 0.3) is 5.69 Å². The van der Waals surface area contributed by atoms with Crippen LogP contribution < -0.4 is 4.74 Å². The van der Waals surface area contributed by atoms with Gasteiger partial charge < -0.3 is 14.4 Å².